The number of aryl methyl sites for hydroxylation is 1. The Bertz CT molecular complexity index is 922. The standard InChI is InChI=1S/C19H29N5O6S/c1-14-4-5-17(24(26)27)10-18(14)20-19(25)13-21-6-8-22(9-7-21)31(28,29)23-11-15(2)30-16(3)12-23/h4-5,10,15-16H,6-9,11-13H2,1-3H3,(H,20,25). The highest BCUT2D eigenvalue weighted by Crippen LogP contribution is 2.22. The van der Waals surface area contributed by atoms with Crippen LogP contribution in [0.25, 0.3) is 0 Å². The first-order valence-corrected chi connectivity index (χ1v) is 11.6. The Morgan fingerprint density at radius 1 is 1.16 bits per heavy atom. The summed E-state index contributed by atoms with van der Waals surface area (Å²) in [5, 5.41) is 13.7. The van der Waals surface area contributed by atoms with Crippen molar-refractivity contribution in [2.24, 2.45) is 0 Å². The Morgan fingerprint density at radius 2 is 1.77 bits per heavy atom. The minimum atomic E-state index is -3.57. The quantitative estimate of drug-likeness (QED) is 0.497. The van der Waals surface area contributed by atoms with Gasteiger partial charge in [-0.2, -0.15) is 17.0 Å². The molecule has 2 unspecified atom stereocenters. The largest absolute Gasteiger partial charge is 0.373 e. The van der Waals surface area contributed by atoms with Gasteiger partial charge in [0.2, 0.25) is 5.91 Å². The summed E-state index contributed by atoms with van der Waals surface area (Å²) in [6, 6.07) is 4.31. The van der Waals surface area contributed by atoms with Gasteiger partial charge in [-0.3, -0.25) is 19.8 Å². The van der Waals surface area contributed by atoms with Gasteiger partial charge in [0.1, 0.15) is 0 Å². The summed E-state index contributed by atoms with van der Waals surface area (Å²) >= 11 is 0. The van der Waals surface area contributed by atoms with E-state index in [0.717, 1.165) is 5.56 Å². The predicted molar refractivity (Wildman–Crippen MR) is 115 cm³/mol. The van der Waals surface area contributed by atoms with Crippen molar-refractivity contribution in [3.8, 4) is 0 Å². The van der Waals surface area contributed by atoms with Crippen LogP contribution in [-0.2, 0) is 19.7 Å². The molecule has 2 aliphatic heterocycles. The number of ether oxygens (including phenoxy) is 1. The van der Waals surface area contributed by atoms with Crippen molar-refractivity contribution in [3.05, 3.63) is 33.9 Å². The third-order valence-electron chi connectivity index (χ3n) is 5.44. The molecule has 2 fully saturated rings. The zero-order valence-corrected chi connectivity index (χ0v) is 18.8. The molecule has 1 aromatic rings. The van der Waals surface area contributed by atoms with Gasteiger partial charge in [0, 0.05) is 51.4 Å². The van der Waals surface area contributed by atoms with E-state index < -0.39 is 15.1 Å². The first-order chi connectivity index (χ1) is 14.6. The van der Waals surface area contributed by atoms with Crippen LogP contribution in [0.4, 0.5) is 11.4 Å². The van der Waals surface area contributed by atoms with E-state index in [1.165, 1.54) is 20.7 Å². The van der Waals surface area contributed by atoms with Crippen molar-refractivity contribution in [2.45, 2.75) is 33.0 Å². The van der Waals surface area contributed by atoms with Crippen LogP contribution in [0.3, 0.4) is 0 Å². The van der Waals surface area contributed by atoms with Gasteiger partial charge in [-0.05, 0) is 26.3 Å². The molecule has 0 spiro atoms. The molecular formula is C19H29N5O6S. The van der Waals surface area contributed by atoms with Crippen LogP contribution < -0.4 is 5.32 Å². The molecule has 2 heterocycles. The lowest BCUT2D eigenvalue weighted by molar-refractivity contribution is -0.384. The molecule has 1 amide bonds. The number of hydrogen-bond donors (Lipinski definition) is 1. The van der Waals surface area contributed by atoms with Gasteiger partial charge in [0.15, 0.2) is 0 Å². The number of nitro benzene ring substituents is 1. The normalized spacial score (nSPS) is 24.1. The van der Waals surface area contributed by atoms with E-state index in [0.29, 0.717) is 45.0 Å². The highest BCUT2D eigenvalue weighted by molar-refractivity contribution is 7.86. The zero-order chi connectivity index (χ0) is 22.8. The molecule has 172 valence electrons. The van der Waals surface area contributed by atoms with Gasteiger partial charge in [-0.1, -0.05) is 6.07 Å². The van der Waals surface area contributed by atoms with Gasteiger partial charge in [-0.15, -0.1) is 0 Å². The average molecular weight is 456 g/mol. The van der Waals surface area contributed by atoms with E-state index in [4.69, 9.17) is 4.74 Å². The lowest BCUT2D eigenvalue weighted by Crippen LogP contribution is -2.57. The van der Waals surface area contributed by atoms with Crippen LogP contribution in [0.1, 0.15) is 19.4 Å². The molecule has 0 radical (unpaired) electrons. The first kappa shape index (κ1) is 23.5. The molecule has 1 aromatic carbocycles. The number of rotatable bonds is 6. The number of hydrogen-bond acceptors (Lipinski definition) is 7. The van der Waals surface area contributed by atoms with Gasteiger partial charge in [-0.25, -0.2) is 0 Å². The van der Waals surface area contributed by atoms with Crippen LogP contribution in [0.5, 0.6) is 0 Å². The molecule has 2 saturated heterocycles. The molecule has 3 rings (SSSR count). The van der Waals surface area contributed by atoms with E-state index in [-0.39, 0.29) is 30.3 Å². The van der Waals surface area contributed by atoms with Crippen molar-refractivity contribution in [2.75, 3.05) is 51.1 Å². The second-order valence-electron chi connectivity index (χ2n) is 8.06. The molecule has 1 N–H and O–H groups in total. The highest BCUT2D eigenvalue weighted by atomic mass is 32.2. The molecule has 0 bridgehead atoms. The molecule has 31 heavy (non-hydrogen) atoms. The smallest absolute Gasteiger partial charge is 0.282 e. The minimum absolute atomic E-state index is 0.0850. The second kappa shape index (κ2) is 9.57. The summed E-state index contributed by atoms with van der Waals surface area (Å²) in [6.07, 6.45) is -0.304. The summed E-state index contributed by atoms with van der Waals surface area (Å²) in [6.45, 7) is 7.67. The second-order valence-corrected chi connectivity index (χ2v) is 9.99. The zero-order valence-electron chi connectivity index (χ0n) is 18.0. The average Bonchev–Trinajstić information content (AvgIpc) is 2.69. The fourth-order valence-electron chi connectivity index (χ4n) is 3.85. The summed E-state index contributed by atoms with van der Waals surface area (Å²) in [5.41, 5.74) is 1.03. The van der Waals surface area contributed by atoms with Gasteiger partial charge >= 0.3 is 0 Å². The van der Waals surface area contributed by atoms with Crippen molar-refractivity contribution in [3.63, 3.8) is 0 Å². The number of nitro groups is 1. The molecule has 11 nitrogen and oxygen atoms in total. The van der Waals surface area contributed by atoms with Crippen LogP contribution >= 0.6 is 0 Å². The molecule has 0 aromatic heterocycles. The number of nitrogens with one attached hydrogen (secondary N) is 1. The Kier molecular flexibility index (Phi) is 7.27. The number of carbonyl (C=O) groups is 1. The van der Waals surface area contributed by atoms with Gasteiger partial charge in [0.05, 0.1) is 29.4 Å². The SMILES string of the molecule is Cc1ccc([N+](=O)[O-])cc1NC(=O)CN1CCN(S(=O)(=O)N2CC(C)OC(C)C2)CC1. The minimum Gasteiger partial charge on any atom is -0.373 e. The number of piperazine rings is 1. The maximum atomic E-state index is 13.0. The number of morpholine rings is 1. The van der Waals surface area contributed by atoms with E-state index in [1.807, 2.05) is 18.7 Å². The monoisotopic (exact) mass is 455 g/mol. The van der Waals surface area contributed by atoms with Crippen molar-refractivity contribution < 1.29 is 22.9 Å². The van der Waals surface area contributed by atoms with Gasteiger partial charge in [0.25, 0.3) is 15.9 Å². The molecule has 12 heteroatoms. The molecular weight excluding hydrogens is 426 g/mol. The molecule has 2 aliphatic rings. The van der Waals surface area contributed by atoms with Crippen molar-refractivity contribution >= 4 is 27.5 Å². The maximum Gasteiger partial charge on any atom is 0.282 e. The van der Waals surface area contributed by atoms with Crippen LogP contribution in [0.2, 0.25) is 0 Å². The molecule has 0 aliphatic carbocycles. The summed E-state index contributed by atoms with van der Waals surface area (Å²) in [4.78, 5) is 24.7. The Morgan fingerprint density at radius 3 is 2.35 bits per heavy atom. The van der Waals surface area contributed by atoms with E-state index in [2.05, 4.69) is 5.32 Å². The Hall–Kier alpha value is -2.12. The fourth-order valence-corrected chi connectivity index (χ4v) is 5.60. The van der Waals surface area contributed by atoms with Crippen LogP contribution in [0.15, 0.2) is 18.2 Å². The van der Waals surface area contributed by atoms with E-state index in [9.17, 15) is 23.3 Å². The molecule has 0 saturated carbocycles. The lowest BCUT2D eigenvalue weighted by Gasteiger charge is -2.40. The van der Waals surface area contributed by atoms with Crippen molar-refractivity contribution in [1.82, 2.24) is 13.5 Å². The Balaban J connectivity index is 1.54. The fraction of sp³-hybridized carbons (Fsp3) is 0.632. The lowest BCUT2D eigenvalue weighted by atomic mass is 10.2. The van der Waals surface area contributed by atoms with Crippen LogP contribution in [0, 0.1) is 17.0 Å². The summed E-state index contributed by atoms with van der Waals surface area (Å²) in [5.74, 6) is -0.296. The molecule has 2 atom stereocenters. The van der Waals surface area contributed by atoms with E-state index >= 15 is 0 Å². The third kappa shape index (κ3) is 5.77. The van der Waals surface area contributed by atoms with E-state index in [1.54, 1.807) is 13.0 Å². The van der Waals surface area contributed by atoms with Crippen LogP contribution in [-0.4, -0.2) is 90.8 Å². The summed E-state index contributed by atoms with van der Waals surface area (Å²) in [7, 11) is -3.57. The number of anilines is 1. The predicted octanol–water partition coefficient (Wildman–Crippen LogP) is 0.813. The number of amides is 1. The van der Waals surface area contributed by atoms with Gasteiger partial charge < -0.3 is 10.1 Å². The number of benzene rings is 1. The topological polar surface area (TPSA) is 125 Å². The third-order valence-corrected chi connectivity index (χ3v) is 7.41. The summed E-state index contributed by atoms with van der Waals surface area (Å²) < 4.78 is 34.5. The number of carbonyl (C=O) groups excluding carboxylic acids is 1. The highest BCUT2D eigenvalue weighted by Gasteiger charge is 2.36. The number of non-ortho nitro benzene ring substituents is 1. The first-order valence-electron chi connectivity index (χ1n) is 10.2. The Labute approximate surface area is 182 Å². The van der Waals surface area contributed by atoms with Crippen molar-refractivity contribution in [1.29, 1.82) is 0 Å². The number of nitrogens with zero attached hydrogens (tertiary/aromatic N) is 4. The maximum absolute atomic E-state index is 13.0.